The third kappa shape index (κ3) is 5.03. The van der Waals surface area contributed by atoms with Crippen LogP contribution >= 0.6 is 0 Å². The summed E-state index contributed by atoms with van der Waals surface area (Å²) < 4.78 is 35.9. The topological polar surface area (TPSA) is 109 Å². The lowest BCUT2D eigenvalue weighted by atomic mass is 10.2. The maximum absolute atomic E-state index is 8.49. The second kappa shape index (κ2) is 6.78. The maximum atomic E-state index is 8.49. The van der Waals surface area contributed by atoms with Crippen LogP contribution in [0.3, 0.4) is 0 Å². The normalized spacial score (nSPS) is 11.0. The van der Waals surface area contributed by atoms with E-state index in [0.717, 1.165) is 11.1 Å². The summed E-state index contributed by atoms with van der Waals surface area (Å²) in [6.07, 6.45) is 3.95. The molecule has 0 spiro atoms. The first-order valence-electron chi connectivity index (χ1n) is 6.28. The molecule has 7 heteroatoms. The maximum Gasteiger partial charge on any atom is 0.238 e. The smallest absolute Gasteiger partial charge is 0.222 e. The molecule has 0 saturated carbocycles. The van der Waals surface area contributed by atoms with Crippen molar-refractivity contribution in [3.8, 4) is 5.69 Å². The van der Waals surface area contributed by atoms with Crippen LogP contribution in [0.4, 0.5) is 0 Å². The summed E-state index contributed by atoms with van der Waals surface area (Å²) in [6, 6.07) is 16.6. The number of nitrogens with zero attached hydrogens (tertiary/aromatic N) is 2. The van der Waals surface area contributed by atoms with Crippen LogP contribution in [0.2, 0.25) is 0 Å². The van der Waals surface area contributed by atoms with Crippen LogP contribution in [0, 0.1) is 17.2 Å². The molecule has 0 amide bonds. The molecular formula is C15H13ClN2O4. The highest BCUT2D eigenvalue weighted by molar-refractivity contribution is 5.79. The highest BCUT2D eigenvalue weighted by Crippen LogP contribution is 2.10. The van der Waals surface area contributed by atoms with E-state index in [2.05, 4.69) is 54.6 Å². The van der Waals surface area contributed by atoms with E-state index in [-0.39, 0.29) is 0 Å². The summed E-state index contributed by atoms with van der Waals surface area (Å²) in [5.74, 6) is 0. The molecular weight excluding hydrogens is 308 g/mol. The van der Waals surface area contributed by atoms with Gasteiger partial charge in [-0.25, -0.2) is 18.6 Å². The van der Waals surface area contributed by atoms with Crippen LogP contribution in [0.1, 0.15) is 5.56 Å². The van der Waals surface area contributed by atoms with E-state index in [0.29, 0.717) is 0 Å². The Kier molecular flexibility index (Phi) is 5.02. The molecule has 0 N–H and O–H groups in total. The molecule has 0 atom stereocenters. The van der Waals surface area contributed by atoms with E-state index in [1.165, 1.54) is 10.9 Å². The molecule has 0 saturated heterocycles. The Bertz CT molecular complexity index is 751. The number of halogens is 1. The number of hydrogen-bond acceptors (Lipinski definition) is 5. The largest absolute Gasteiger partial charge is 0.238 e. The van der Waals surface area contributed by atoms with Crippen molar-refractivity contribution in [2.75, 3.05) is 0 Å². The van der Waals surface area contributed by atoms with Crippen LogP contribution in [0.15, 0.2) is 60.9 Å². The fraction of sp³-hybridized carbons (Fsp3) is 0.0667. The van der Waals surface area contributed by atoms with E-state index in [1.807, 2.05) is 23.0 Å². The summed E-state index contributed by atoms with van der Waals surface area (Å²) in [5.41, 5.74) is 2.34. The summed E-state index contributed by atoms with van der Waals surface area (Å²) in [4.78, 5) is 0. The van der Waals surface area contributed by atoms with Crippen LogP contribution in [-0.2, 0) is 0 Å². The molecule has 3 aromatic rings. The van der Waals surface area contributed by atoms with Gasteiger partial charge in [-0.3, -0.25) is 0 Å². The van der Waals surface area contributed by atoms with Crippen molar-refractivity contribution in [3.05, 3.63) is 66.5 Å². The average molecular weight is 321 g/mol. The molecule has 0 radical (unpaired) electrons. The molecule has 6 nitrogen and oxygen atoms in total. The van der Waals surface area contributed by atoms with Gasteiger partial charge in [0.05, 0.1) is 5.39 Å². The number of benzene rings is 2. The van der Waals surface area contributed by atoms with Crippen LogP contribution in [0.25, 0.3) is 16.5 Å². The monoisotopic (exact) mass is 320 g/mol. The fourth-order valence-electron chi connectivity index (χ4n) is 1.87. The molecule has 0 bridgehead atoms. The molecule has 3 rings (SSSR count). The lowest BCUT2D eigenvalue weighted by Crippen LogP contribution is -2.68. The summed E-state index contributed by atoms with van der Waals surface area (Å²) in [7, 11) is -4.94. The third-order valence-corrected chi connectivity index (χ3v) is 2.88. The first-order valence-corrected chi connectivity index (χ1v) is 7.52. The minimum absolute atomic E-state index is 1.08. The Hall–Kier alpha value is -2.09. The Morgan fingerprint density at radius 2 is 1.41 bits per heavy atom. The van der Waals surface area contributed by atoms with E-state index in [1.54, 1.807) is 0 Å². The molecule has 0 fully saturated rings. The SMILES string of the molecule is Cc1ccc(-[n+]2cc3ccccc3cn2)cc1.[O-][Cl+3]([O-])([O-])[O-]. The van der Waals surface area contributed by atoms with Crippen molar-refractivity contribution in [2.24, 2.45) is 0 Å². The van der Waals surface area contributed by atoms with Crippen molar-refractivity contribution in [3.63, 3.8) is 0 Å². The summed E-state index contributed by atoms with van der Waals surface area (Å²) >= 11 is 0. The van der Waals surface area contributed by atoms with Crippen LogP contribution in [0.5, 0.6) is 0 Å². The highest BCUT2D eigenvalue weighted by Gasteiger charge is 2.08. The zero-order valence-corrected chi connectivity index (χ0v) is 12.4. The minimum atomic E-state index is -4.94. The van der Waals surface area contributed by atoms with Gasteiger partial charge in [-0.2, -0.15) is 0 Å². The molecule has 1 aromatic heterocycles. The predicted octanol–water partition coefficient (Wildman–Crippen LogP) is -1.94. The fourth-order valence-corrected chi connectivity index (χ4v) is 1.87. The van der Waals surface area contributed by atoms with E-state index in [9.17, 15) is 0 Å². The molecule has 1 heterocycles. The molecule has 0 aliphatic heterocycles. The average Bonchev–Trinajstić information content (AvgIpc) is 2.46. The second-order valence-electron chi connectivity index (χ2n) is 4.56. The van der Waals surface area contributed by atoms with Crippen molar-refractivity contribution in [1.82, 2.24) is 5.10 Å². The molecule has 22 heavy (non-hydrogen) atoms. The number of aryl methyl sites for hydroxylation is 1. The Balaban J connectivity index is 0.000000309. The Morgan fingerprint density at radius 1 is 0.864 bits per heavy atom. The quantitative estimate of drug-likeness (QED) is 0.485. The number of rotatable bonds is 1. The Labute approximate surface area is 129 Å². The third-order valence-electron chi connectivity index (χ3n) is 2.88. The van der Waals surface area contributed by atoms with Gasteiger partial charge in [0.25, 0.3) is 0 Å². The lowest BCUT2D eigenvalue weighted by Gasteiger charge is -2.17. The van der Waals surface area contributed by atoms with Crippen LogP contribution < -0.4 is 23.3 Å². The van der Waals surface area contributed by atoms with Crippen LogP contribution in [-0.4, -0.2) is 5.10 Å². The zero-order chi connectivity index (χ0) is 16.2. The van der Waals surface area contributed by atoms with Crippen molar-refractivity contribution in [2.45, 2.75) is 6.92 Å². The van der Waals surface area contributed by atoms with Gasteiger partial charge in [0, 0.05) is 17.5 Å². The summed E-state index contributed by atoms with van der Waals surface area (Å²) in [5, 5.41) is 6.78. The first kappa shape index (κ1) is 16.3. The van der Waals surface area contributed by atoms with Gasteiger partial charge in [0.15, 0.2) is 0 Å². The minimum Gasteiger partial charge on any atom is -0.222 e. The molecule has 2 aromatic carbocycles. The van der Waals surface area contributed by atoms with Gasteiger partial charge < -0.3 is 0 Å². The van der Waals surface area contributed by atoms with Gasteiger partial charge in [-0.05, 0) is 18.1 Å². The van der Waals surface area contributed by atoms with Gasteiger partial charge in [0.2, 0.25) is 11.9 Å². The summed E-state index contributed by atoms with van der Waals surface area (Å²) in [6.45, 7) is 2.09. The Morgan fingerprint density at radius 3 is 2.00 bits per heavy atom. The predicted molar refractivity (Wildman–Crippen MR) is 68.0 cm³/mol. The molecule has 114 valence electrons. The number of hydrogen-bond donors (Lipinski definition) is 0. The standard InChI is InChI=1S/C15H13N2.ClHO4/c1-12-6-8-15(9-7-12)17-11-14-5-3-2-4-13(14)10-16-17;2-1(3,4)5/h2-11H,1H3;(H,2,3,4,5)/q+1;/p-1. The van der Waals surface area contributed by atoms with E-state index in [4.69, 9.17) is 18.6 Å². The van der Waals surface area contributed by atoms with Gasteiger partial charge in [-0.15, -0.1) is 10.2 Å². The van der Waals surface area contributed by atoms with Crippen molar-refractivity contribution in [1.29, 1.82) is 0 Å². The zero-order valence-electron chi connectivity index (χ0n) is 11.7. The molecule has 0 aliphatic carbocycles. The number of fused-ring (bicyclic) bond motifs is 1. The molecule has 0 aliphatic rings. The highest BCUT2D eigenvalue weighted by atomic mass is 35.7. The van der Waals surface area contributed by atoms with Gasteiger partial charge in [0.1, 0.15) is 6.20 Å². The first-order chi connectivity index (χ1) is 10.3. The molecule has 0 unspecified atom stereocenters. The van der Waals surface area contributed by atoms with E-state index >= 15 is 0 Å². The van der Waals surface area contributed by atoms with E-state index < -0.39 is 10.2 Å². The van der Waals surface area contributed by atoms with Gasteiger partial charge in [-0.1, -0.05) is 40.6 Å². The van der Waals surface area contributed by atoms with Crippen molar-refractivity contribution >= 4 is 10.8 Å². The lowest BCUT2D eigenvalue weighted by molar-refractivity contribution is -2.00. The second-order valence-corrected chi connectivity index (χ2v) is 5.32. The van der Waals surface area contributed by atoms with Crippen molar-refractivity contribution < 1.29 is 33.6 Å². The number of aromatic nitrogens is 2. The van der Waals surface area contributed by atoms with Gasteiger partial charge >= 0.3 is 0 Å².